The molecule has 0 bridgehead atoms. The number of nitrogens with one attached hydrogen (secondary N) is 1. The van der Waals surface area contributed by atoms with E-state index in [2.05, 4.69) is 12.2 Å². The zero-order chi connectivity index (χ0) is 15.5. The molecule has 0 spiro atoms. The molecule has 0 aromatic heterocycles. The van der Waals surface area contributed by atoms with Crippen molar-refractivity contribution in [1.29, 1.82) is 0 Å². The summed E-state index contributed by atoms with van der Waals surface area (Å²) in [5.41, 5.74) is -0.496. The maximum Gasteiger partial charge on any atom is 0.329 e. The van der Waals surface area contributed by atoms with Gasteiger partial charge in [-0.2, -0.15) is 0 Å². The molecule has 1 amide bonds. The zero-order valence-electron chi connectivity index (χ0n) is 12.9. The maximum atomic E-state index is 12.2. The molecule has 2 aliphatic heterocycles. The lowest BCUT2D eigenvalue weighted by atomic mass is 9.84. The second-order valence-corrected chi connectivity index (χ2v) is 6.67. The van der Waals surface area contributed by atoms with Gasteiger partial charge in [0.1, 0.15) is 12.2 Å². The van der Waals surface area contributed by atoms with Crippen LogP contribution in [-0.2, 0) is 14.3 Å². The number of nitrogens with zero attached hydrogens (tertiary/aromatic N) is 1. The van der Waals surface area contributed by atoms with Crippen molar-refractivity contribution in [2.45, 2.75) is 38.7 Å². The molecule has 0 radical (unpaired) electrons. The van der Waals surface area contributed by atoms with Gasteiger partial charge in [-0.1, -0.05) is 6.92 Å². The van der Waals surface area contributed by atoms with Crippen LogP contribution in [0.5, 0.6) is 0 Å². The molecule has 2 atom stereocenters. The fraction of sp³-hybridized carbons (Fsp3) is 0.867. The highest BCUT2D eigenvalue weighted by Crippen LogP contribution is 2.28. The van der Waals surface area contributed by atoms with E-state index in [-0.39, 0.29) is 12.5 Å². The zero-order valence-corrected chi connectivity index (χ0v) is 12.9. The molecule has 2 aliphatic rings. The third kappa shape index (κ3) is 4.41. The molecule has 6 nitrogen and oxygen atoms in total. The van der Waals surface area contributed by atoms with Crippen molar-refractivity contribution in [3.05, 3.63) is 0 Å². The second kappa shape index (κ2) is 6.75. The molecule has 0 aromatic rings. The van der Waals surface area contributed by atoms with Gasteiger partial charge in [0.15, 0.2) is 0 Å². The second-order valence-electron chi connectivity index (χ2n) is 6.67. The minimum Gasteiger partial charge on any atom is -0.480 e. The van der Waals surface area contributed by atoms with Crippen LogP contribution in [0.25, 0.3) is 0 Å². The highest BCUT2D eigenvalue weighted by atomic mass is 16.5. The Morgan fingerprint density at radius 3 is 2.76 bits per heavy atom. The number of carbonyl (C=O) groups is 2. The van der Waals surface area contributed by atoms with Crippen LogP contribution in [0.15, 0.2) is 0 Å². The normalized spacial score (nSPS) is 26.0. The van der Waals surface area contributed by atoms with Crippen molar-refractivity contribution >= 4 is 11.9 Å². The first-order chi connectivity index (χ1) is 9.89. The lowest BCUT2D eigenvalue weighted by Gasteiger charge is -2.47. The SMILES string of the molecule is CC(CC(=O)N1CC(C)(OCC(=O)O)C1)C1CCCNC1. The minimum absolute atomic E-state index is 0.157. The first-order valence-electron chi connectivity index (χ1n) is 7.74. The van der Waals surface area contributed by atoms with E-state index in [1.165, 1.54) is 12.8 Å². The van der Waals surface area contributed by atoms with Crippen LogP contribution in [-0.4, -0.2) is 60.3 Å². The molecule has 0 saturated carbocycles. The number of aliphatic carboxylic acids is 1. The summed E-state index contributed by atoms with van der Waals surface area (Å²) in [6, 6.07) is 0. The van der Waals surface area contributed by atoms with E-state index in [1.54, 1.807) is 4.90 Å². The molecule has 2 fully saturated rings. The van der Waals surface area contributed by atoms with E-state index >= 15 is 0 Å². The van der Waals surface area contributed by atoms with Gasteiger partial charge in [0.25, 0.3) is 0 Å². The summed E-state index contributed by atoms with van der Waals surface area (Å²) in [4.78, 5) is 24.5. The summed E-state index contributed by atoms with van der Waals surface area (Å²) < 4.78 is 5.33. The Morgan fingerprint density at radius 1 is 1.48 bits per heavy atom. The number of amides is 1. The predicted molar refractivity (Wildman–Crippen MR) is 77.9 cm³/mol. The van der Waals surface area contributed by atoms with E-state index in [4.69, 9.17) is 9.84 Å². The Labute approximate surface area is 125 Å². The van der Waals surface area contributed by atoms with E-state index in [9.17, 15) is 9.59 Å². The van der Waals surface area contributed by atoms with E-state index in [1.807, 2.05) is 6.92 Å². The minimum atomic E-state index is -0.973. The van der Waals surface area contributed by atoms with Gasteiger partial charge in [0, 0.05) is 6.42 Å². The van der Waals surface area contributed by atoms with Crippen LogP contribution < -0.4 is 5.32 Å². The van der Waals surface area contributed by atoms with Crippen LogP contribution in [0.2, 0.25) is 0 Å². The fourth-order valence-electron chi connectivity index (χ4n) is 3.20. The summed E-state index contributed by atoms with van der Waals surface area (Å²) >= 11 is 0. The van der Waals surface area contributed by atoms with Crippen LogP contribution >= 0.6 is 0 Å². The van der Waals surface area contributed by atoms with Crippen LogP contribution in [0.4, 0.5) is 0 Å². The van der Waals surface area contributed by atoms with Crippen molar-refractivity contribution in [2.24, 2.45) is 11.8 Å². The van der Waals surface area contributed by atoms with Crippen molar-refractivity contribution in [2.75, 3.05) is 32.8 Å². The van der Waals surface area contributed by atoms with E-state index in [0.29, 0.717) is 31.3 Å². The Kier molecular flexibility index (Phi) is 5.22. The average molecular weight is 298 g/mol. The summed E-state index contributed by atoms with van der Waals surface area (Å²) in [7, 11) is 0. The van der Waals surface area contributed by atoms with Gasteiger partial charge in [-0.05, 0) is 44.7 Å². The first-order valence-corrected chi connectivity index (χ1v) is 7.74. The number of carboxylic acid groups (broad SMARTS) is 1. The van der Waals surface area contributed by atoms with Crippen LogP contribution in [0, 0.1) is 11.8 Å². The Balaban J connectivity index is 1.71. The number of carboxylic acids is 1. The molecule has 2 N–H and O–H groups in total. The van der Waals surface area contributed by atoms with Crippen LogP contribution in [0.1, 0.15) is 33.1 Å². The molecule has 21 heavy (non-hydrogen) atoms. The number of carbonyl (C=O) groups excluding carboxylic acids is 1. The first kappa shape index (κ1) is 16.2. The molecular formula is C15H26N2O4. The van der Waals surface area contributed by atoms with Gasteiger partial charge in [-0.15, -0.1) is 0 Å². The lowest BCUT2D eigenvalue weighted by molar-refractivity contribution is -0.173. The highest BCUT2D eigenvalue weighted by Gasteiger charge is 2.43. The number of piperidine rings is 1. The Bertz CT molecular complexity index is 387. The largest absolute Gasteiger partial charge is 0.480 e. The number of rotatable bonds is 6. The van der Waals surface area contributed by atoms with Crippen molar-refractivity contribution in [3.8, 4) is 0 Å². The Morgan fingerprint density at radius 2 is 2.19 bits per heavy atom. The lowest BCUT2D eigenvalue weighted by Crippen LogP contribution is -2.63. The molecule has 0 aliphatic carbocycles. The number of ether oxygens (including phenoxy) is 1. The third-order valence-electron chi connectivity index (χ3n) is 4.58. The topological polar surface area (TPSA) is 78.9 Å². The molecule has 6 heteroatoms. The maximum absolute atomic E-state index is 12.2. The van der Waals surface area contributed by atoms with E-state index in [0.717, 1.165) is 13.1 Å². The number of hydrogen-bond donors (Lipinski definition) is 2. The highest BCUT2D eigenvalue weighted by molar-refractivity contribution is 5.77. The fourth-order valence-corrected chi connectivity index (χ4v) is 3.20. The molecule has 2 unspecified atom stereocenters. The van der Waals surface area contributed by atoms with Gasteiger partial charge >= 0.3 is 5.97 Å². The van der Waals surface area contributed by atoms with Crippen molar-refractivity contribution < 1.29 is 19.4 Å². The van der Waals surface area contributed by atoms with E-state index < -0.39 is 11.6 Å². The molecule has 2 heterocycles. The molecule has 2 rings (SSSR count). The van der Waals surface area contributed by atoms with Crippen LogP contribution in [0.3, 0.4) is 0 Å². The molecular weight excluding hydrogens is 272 g/mol. The molecule has 2 saturated heterocycles. The summed E-state index contributed by atoms with van der Waals surface area (Å²) in [5, 5.41) is 12.0. The van der Waals surface area contributed by atoms with Gasteiger partial charge < -0.3 is 20.1 Å². The number of hydrogen-bond acceptors (Lipinski definition) is 4. The van der Waals surface area contributed by atoms with Gasteiger partial charge in [0.05, 0.1) is 13.1 Å². The van der Waals surface area contributed by atoms with Crippen molar-refractivity contribution in [3.63, 3.8) is 0 Å². The van der Waals surface area contributed by atoms with Gasteiger partial charge in [-0.3, -0.25) is 4.79 Å². The average Bonchev–Trinajstić information content (AvgIpc) is 2.43. The predicted octanol–water partition coefficient (Wildman–Crippen LogP) is 0.714. The third-order valence-corrected chi connectivity index (χ3v) is 4.58. The van der Waals surface area contributed by atoms with Gasteiger partial charge in [-0.25, -0.2) is 4.79 Å². The molecule has 0 aromatic carbocycles. The quantitative estimate of drug-likeness (QED) is 0.755. The summed E-state index contributed by atoms with van der Waals surface area (Å²) in [5.74, 6) is 0.152. The Hall–Kier alpha value is -1.14. The van der Waals surface area contributed by atoms with Crippen molar-refractivity contribution in [1.82, 2.24) is 10.2 Å². The smallest absolute Gasteiger partial charge is 0.329 e. The number of likely N-dealkylation sites (tertiary alicyclic amines) is 1. The monoisotopic (exact) mass is 298 g/mol. The standard InChI is InChI=1S/C15H26N2O4/c1-11(12-4-3-5-16-7-12)6-13(18)17-9-15(2,10-17)21-8-14(19)20/h11-12,16H,3-10H2,1-2H3,(H,19,20). The molecule has 120 valence electrons. The van der Waals surface area contributed by atoms with Gasteiger partial charge in [0.2, 0.25) is 5.91 Å². The summed E-state index contributed by atoms with van der Waals surface area (Å²) in [6.07, 6.45) is 2.95. The summed E-state index contributed by atoms with van der Waals surface area (Å²) in [6.45, 7) is 6.78.